The number of hydrogen-bond donors (Lipinski definition) is 0. The first-order valence-electron chi connectivity index (χ1n) is 12.2. The lowest BCUT2D eigenvalue weighted by molar-refractivity contribution is -0.155. The Morgan fingerprint density at radius 3 is 1.45 bits per heavy atom. The van der Waals surface area contributed by atoms with Gasteiger partial charge in [-0.05, 0) is 57.2 Å². The molecule has 1 fully saturated rings. The topological polar surface area (TPSA) is 97.4 Å². The lowest BCUT2D eigenvalue weighted by Crippen LogP contribution is -2.42. The SMILES string of the molecule is CO[C@@H]1O[C@H](COC(=O)c2ccc(C)cc2)[C@@H](OC(=O)c2ccc(C)cc2)[C@H]1OC(=O)c1ccc(C)cc1. The van der Waals surface area contributed by atoms with Crippen molar-refractivity contribution in [3.63, 3.8) is 0 Å². The van der Waals surface area contributed by atoms with E-state index in [1.165, 1.54) is 7.11 Å². The van der Waals surface area contributed by atoms with Crippen LogP contribution in [0.4, 0.5) is 0 Å². The first-order chi connectivity index (χ1) is 18.2. The summed E-state index contributed by atoms with van der Waals surface area (Å²) in [5, 5.41) is 0. The van der Waals surface area contributed by atoms with Crippen LogP contribution in [0.1, 0.15) is 47.8 Å². The molecule has 1 aliphatic rings. The van der Waals surface area contributed by atoms with Crippen molar-refractivity contribution < 1.29 is 38.1 Å². The predicted octanol–water partition coefficient (Wildman–Crippen LogP) is 4.59. The molecule has 8 heteroatoms. The third-order valence-electron chi connectivity index (χ3n) is 6.23. The summed E-state index contributed by atoms with van der Waals surface area (Å²) in [6, 6.07) is 20.6. The van der Waals surface area contributed by atoms with Crippen molar-refractivity contribution in [2.45, 2.75) is 45.4 Å². The molecule has 0 aliphatic carbocycles. The Morgan fingerprint density at radius 1 is 0.632 bits per heavy atom. The fraction of sp³-hybridized carbons (Fsp3) is 0.300. The van der Waals surface area contributed by atoms with Gasteiger partial charge in [0.05, 0.1) is 16.7 Å². The van der Waals surface area contributed by atoms with Gasteiger partial charge in [0, 0.05) is 7.11 Å². The summed E-state index contributed by atoms with van der Waals surface area (Å²) < 4.78 is 28.3. The quantitative estimate of drug-likeness (QED) is 0.316. The van der Waals surface area contributed by atoms with Crippen LogP contribution in [0.2, 0.25) is 0 Å². The Labute approximate surface area is 221 Å². The number of methoxy groups -OCH3 is 1. The van der Waals surface area contributed by atoms with Gasteiger partial charge < -0.3 is 23.7 Å². The molecule has 0 unspecified atom stereocenters. The Balaban J connectivity index is 1.55. The van der Waals surface area contributed by atoms with Crippen LogP contribution in [0.5, 0.6) is 0 Å². The van der Waals surface area contributed by atoms with Crippen molar-refractivity contribution in [2.24, 2.45) is 0 Å². The summed E-state index contributed by atoms with van der Waals surface area (Å²) in [5.74, 6) is -1.83. The van der Waals surface area contributed by atoms with Crippen LogP contribution >= 0.6 is 0 Å². The molecule has 4 atom stereocenters. The van der Waals surface area contributed by atoms with Crippen molar-refractivity contribution in [2.75, 3.05) is 13.7 Å². The third kappa shape index (κ3) is 6.45. The minimum Gasteiger partial charge on any atom is -0.459 e. The fourth-order valence-electron chi connectivity index (χ4n) is 3.98. The second-order valence-electron chi connectivity index (χ2n) is 9.22. The number of carbonyl (C=O) groups is 3. The van der Waals surface area contributed by atoms with Gasteiger partial charge in [0.25, 0.3) is 0 Å². The molecule has 1 heterocycles. The summed E-state index contributed by atoms with van der Waals surface area (Å²) >= 11 is 0. The van der Waals surface area contributed by atoms with Crippen molar-refractivity contribution in [3.05, 3.63) is 106 Å². The number of rotatable bonds is 8. The first kappa shape index (κ1) is 27.0. The van der Waals surface area contributed by atoms with Gasteiger partial charge in [0.1, 0.15) is 12.7 Å². The molecule has 4 rings (SSSR count). The molecule has 0 N–H and O–H groups in total. The van der Waals surface area contributed by atoms with E-state index in [0.717, 1.165) is 16.7 Å². The fourth-order valence-corrected chi connectivity index (χ4v) is 3.98. The second-order valence-corrected chi connectivity index (χ2v) is 9.22. The predicted molar refractivity (Wildman–Crippen MR) is 138 cm³/mol. The highest BCUT2D eigenvalue weighted by atomic mass is 16.7. The van der Waals surface area contributed by atoms with Gasteiger partial charge in [-0.3, -0.25) is 0 Å². The summed E-state index contributed by atoms with van der Waals surface area (Å²) in [6.45, 7) is 5.47. The number of hydrogen-bond acceptors (Lipinski definition) is 8. The molecule has 1 aliphatic heterocycles. The lowest BCUT2D eigenvalue weighted by atomic mass is 10.1. The molecule has 0 spiro atoms. The van der Waals surface area contributed by atoms with E-state index in [4.69, 9.17) is 23.7 Å². The van der Waals surface area contributed by atoms with E-state index in [1.807, 2.05) is 20.8 Å². The zero-order valence-electron chi connectivity index (χ0n) is 21.7. The normalized spacial score (nSPS) is 20.5. The lowest BCUT2D eigenvalue weighted by Gasteiger charge is -2.24. The van der Waals surface area contributed by atoms with E-state index in [0.29, 0.717) is 16.7 Å². The van der Waals surface area contributed by atoms with Crippen LogP contribution in [0.3, 0.4) is 0 Å². The number of esters is 3. The smallest absolute Gasteiger partial charge is 0.338 e. The minimum absolute atomic E-state index is 0.253. The molecule has 0 radical (unpaired) electrons. The van der Waals surface area contributed by atoms with Crippen molar-refractivity contribution in [3.8, 4) is 0 Å². The molecule has 1 saturated heterocycles. The van der Waals surface area contributed by atoms with E-state index >= 15 is 0 Å². The van der Waals surface area contributed by atoms with Gasteiger partial charge in [-0.25, -0.2) is 14.4 Å². The maximum absolute atomic E-state index is 13.0. The summed E-state index contributed by atoms with van der Waals surface area (Å²) in [6.07, 6.45) is -4.21. The van der Waals surface area contributed by atoms with Gasteiger partial charge in [-0.2, -0.15) is 0 Å². The van der Waals surface area contributed by atoms with Crippen LogP contribution in [0, 0.1) is 20.8 Å². The van der Waals surface area contributed by atoms with E-state index in [2.05, 4.69) is 0 Å². The zero-order chi connectivity index (χ0) is 27.2. The molecule has 3 aromatic rings. The van der Waals surface area contributed by atoms with Gasteiger partial charge >= 0.3 is 17.9 Å². The molecule has 8 nitrogen and oxygen atoms in total. The third-order valence-corrected chi connectivity index (χ3v) is 6.23. The second kappa shape index (κ2) is 12.0. The Kier molecular flexibility index (Phi) is 8.55. The minimum atomic E-state index is -1.11. The number of aryl methyl sites for hydroxylation is 3. The molecule has 198 valence electrons. The molecular formula is C30H30O8. The van der Waals surface area contributed by atoms with Crippen LogP contribution in [-0.2, 0) is 23.7 Å². The standard InChI is InChI=1S/C30H30O8/c1-18-5-11-21(12-6-18)27(31)35-17-24-25(37-28(32)22-13-7-19(2)8-14-22)26(30(34-4)36-24)38-29(33)23-15-9-20(3)10-16-23/h5-16,24-26,30H,17H2,1-4H3/t24-,25-,26-,30-/m1/s1. The van der Waals surface area contributed by atoms with Crippen molar-refractivity contribution in [1.29, 1.82) is 0 Å². The van der Waals surface area contributed by atoms with Crippen LogP contribution in [0.25, 0.3) is 0 Å². The molecule has 38 heavy (non-hydrogen) atoms. The van der Waals surface area contributed by atoms with Crippen LogP contribution in [-0.4, -0.2) is 56.2 Å². The number of ether oxygens (including phenoxy) is 5. The maximum Gasteiger partial charge on any atom is 0.338 e. The molecule has 3 aromatic carbocycles. The summed E-state index contributed by atoms with van der Waals surface area (Å²) in [4.78, 5) is 38.6. The zero-order valence-corrected chi connectivity index (χ0v) is 21.7. The van der Waals surface area contributed by atoms with Gasteiger partial charge in [0.15, 0.2) is 18.5 Å². The molecule has 0 bridgehead atoms. The van der Waals surface area contributed by atoms with Gasteiger partial charge in [-0.15, -0.1) is 0 Å². The summed E-state index contributed by atoms with van der Waals surface area (Å²) in [5.41, 5.74) is 3.98. The van der Waals surface area contributed by atoms with E-state index in [9.17, 15) is 14.4 Å². The summed E-state index contributed by atoms with van der Waals surface area (Å²) in [7, 11) is 1.39. The van der Waals surface area contributed by atoms with Crippen molar-refractivity contribution in [1.82, 2.24) is 0 Å². The highest BCUT2D eigenvalue weighted by molar-refractivity contribution is 5.91. The Morgan fingerprint density at radius 2 is 1.03 bits per heavy atom. The Hall–Kier alpha value is -4.01. The Bertz CT molecular complexity index is 1270. The average molecular weight is 519 g/mol. The van der Waals surface area contributed by atoms with Gasteiger partial charge in [-0.1, -0.05) is 53.1 Å². The van der Waals surface area contributed by atoms with Crippen LogP contribution in [0.15, 0.2) is 72.8 Å². The molecular weight excluding hydrogens is 488 g/mol. The number of carbonyl (C=O) groups excluding carboxylic acids is 3. The largest absolute Gasteiger partial charge is 0.459 e. The first-order valence-corrected chi connectivity index (χ1v) is 12.2. The van der Waals surface area contributed by atoms with E-state index in [-0.39, 0.29) is 6.61 Å². The molecule has 0 amide bonds. The van der Waals surface area contributed by atoms with Gasteiger partial charge in [0.2, 0.25) is 0 Å². The molecule has 0 aromatic heterocycles. The maximum atomic E-state index is 13.0. The average Bonchev–Trinajstić information content (AvgIpc) is 3.24. The monoisotopic (exact) mass is 518 g/mol. The highest BCUT2D eigenvalue weighted by Gasteiger charge is 2.50. The molecule has 0 saturated carbocycles. The van der Waals surface area contributed by atoms with E-state index in [1.54, 1.807) is 72.8 Å². The van der Waals surface area contributed by atoms with Crippen LogP contribution < -0.4 is 0 Å². The highest BCUT2D eigenvalue weighted by Crippen LogP contribution is 2.29. The van der Waals surface area contributed by atoms with E-state index < -0.39 is 42.5 Å². The van der Waals surface area contributed by atoms with Crippen molar-refractivity contribution >= 4 is 17.9 Å². The number of benzene rings is 3.